The summed E-state index contributed by atoms with van der Waals surface area (Å²) in [7, 11) is 0. The van der Waals surface area contributed by atoms with Gasteiger partial charge in [-0.2, -0.15) is 0 Å². The molecule has 1 aliphatic rings. The molecule has 0 saturated carbocycles. The Hall–Kier alpha value is -1.69. The van der Waals surface area contributed by atoms with E-state index in [9.17, 15) is 9.59 Å². The predicted octanol–water partition coefficient (Wildman–Crippen LogP) is 1.81. The lowest BCUT2D eigenvalue weighted by molar-refractivity contribution is -0.130. The first-order chi connectivity index (χ1) is 9.10. The second-order valence-corrected chi connectivity index (χ2v) is 5.45. The van der Waals surface area contributed by atoms with Gasteiger partial charge in [-0.05, 0) is 25.8 Å². The van der Waals surface area contributed by atoms with E-state index in [1.807, 2.05) is 12.3 Å². The summed E-state index contributed by atoms with van der Waals surface area (Å²) < 4.78 is 0. The molecule has 102 valence electrons. The standard InChI is InChI=1S/C13H17N3O2S/c1-3-11(17)16-6-4-10(5-7-16)12(18)15-13-14-9(2)8-19-13/h3,8,10H,1,4-7H2,2H3,(H,14,15,18). The van der Waals surface area contributed by atoms with Crippen LogP contribution in [0.25, 0.3) is 0 Å². The monoisotopic (exact) mass is 279 g/mol. The SMILES string of the molecule is C=CC(=O)N1CCC(C(=O)Nc2nc(C)cs2)CC1. The number of aromatic nitrogens is 1. The molecule has 0 radical (unpaired) electrons. The van der Waals surface area contributed by atoms with Crippen molar-refractivity contribution in [1.82, 2.24) is 9.88 Å². The maximum Gasteiger partial charge on any atom is 0.245 e. The minimum absolute atomic E-state index is 0.0000482. The van der Waals surface area contributed by atoms with Crippen molar-refractivity contribution in [2.45, 2.75) is 19.8 Å². The minimum Gasteiger partial charge on any atom is -0.339 e. The molecule has 1 aromatic rings. The Bertz CT molecular complexity index is 490. The van der Waals surface area contributed by atoms with Gasteiger partial charge >= 0.3 is 0 Å². The van der Waals surface area contributed by atoms with Crippen molar-refractivity contribution in [2.24, 2.45) is 5.92 Å². The number of amides is 2. The molecule has 1 N–H and O–H groups in total. The van der Waals surface area contributed by atoms with Gasteiger partial charge in [0, 0.05) is 24.4 Å². The van der Waals surface area contributed by atoms with E-state index in [4.69, 9.17) is 0 Å². The van der Waals surface area contributed by atoms with Crippen LogP contribution in [0.4, 0.5) is 5.13 Å². The van der Waals surface area contributed by atoms with E-state index < -0.39 is 0 Å². The molecule has 0 spiro atoms. The van der Waals surface area contributed by atoms with E-state index in [0.717, 1.165) is 5.69 Å². The van der Waals surface area contributed by atoms with Crippen LogP contribution in [0.1, 0.15) is 18.5 Å². The van der Waals surface area contributed by atoms with Crippen molar-refractivity contribution < 1.29 is 9.59 Å². The third-order valence-electron chi connectivity index (χ3n) is 3.20. The molecule has 0 aromatic carbocycles. The van der Waals surface area contributed by atoms with Gasteiger partial charge in [0.25, 0.3) is 0 Å². The van der Waals surface area contributed by atoms with Gasteiger partial charge in [0.2, 0.25) is 11.8 Å². The number of anilines is 1. The van der Waals surface area contributed by atoms with Gasteiger partial charge < -0.3 is 10.2 Å². The van der Waals surface area contributed by atoms with E-state index >= 15 is 0 Å². The van der Waals surface area contributed by atoms with Crippen molar-refractivity contribution in [3.63, 3.8) is 0 Å². The number of nitrogens with zero attached hydrogens (tertiary/aromatic N) is 2. The van der Waals surface area contributed by atoms with Gasteiger partial charge in [-0.1, -0.05) is 6.58 Å². The van der Waals surface area contributed by atoms with Gasteiger partial charge in [0.1, 0.15) is 0 Å². The Kier molecular flexibility index (Phi) is 4.31. The summed E-state index contributed by atoms with van der Waals surface area (Å²) in [6.45, 7) is 6.59. The van der Waals surface area contributed by atoms with Crippen molar-refractivity contribution >= 4 is 28.3 Å². The first-order valence-corrected chi connectivity index (χ1v) is 7.12. The topological polar surface area (TPSA) is 62.3 Å². The number of carbonyl (C=O) groups is 2. The zero-order valence-electron chi connectivity index (χ0n) is 10.9. The first kappa shape index (κ1) is 13.7. The molecule has 19 heavy (non-hydrogen) atoms. The maximum atomic E-state index is 12.1. The number of likely N-dealkylation sites (tertiary alicyclic amines) is 1. The number of hydrogen-bond donors (Lipinski definition) is 1. The maximum absolute atomic E-state index is 12.1. The molecule has 0 bridgehead atoms. The lowest BCUT2D eigenvalue weighted by Gasteiger charge is -2.30. The molecule has 2 amide bonds. The predicted molar refractivity (Wildman–Crippen MR) is 75.0 cm³/mol. The van der Waals surface area contributed by atoms with Crippen LogP contribution in [0.15, 0.2) is 18.0 Å². The summed E-state index contributed by atoms with van der Waals surface area (Å²) in [5.41, 5.74) is 0.909. The van der Waals surface area contributed by atoms with Crippen molar-refractivity contribution in [2.75, 3.05) is 18.4 Å². The Balaban J connectivity index is 1.85. The van der Waals surface area contributed by atoms with Crippen molar-refractivity contribution in [3.05, 3.63) is 23.7 Å². The molecule has 2 heterocycles. The van der Waals surface area contributed by atoms with Gasteiger partial charge in [0.15, 0.2) is 5.13 Å². The molecule has 1 aliphatic heterocycles. The van der Waals surface area contributed by atoms with Gasteiger partial charge in [-0.25, -0.2) is 4.98 Å². The Morgan fingerprint density at radius 3 is 2.74 bits per heavy atom. The number of rotatable bonds is 3. The molecule has 2 rings (SSSR count). The molecule has 6 heteroatoms. The Morgan fingerprint density at radius 1 is 1.53 bits per heavy atom. The average molecular weight is 279 g/mol. The lowest BCUT2D eigenvalue weighted by atomic mass is 9.96. The van der Waals surface area contributed by atoms with Crippen LogP contribution in [0, 0.1) is 12.8 Å². The number of aryl methyl sites for hydroxylation is 1. The van der Waals surface area contributed by atoms with Crippen molar-refractivity contribution in [3.8, 4) is 0 Å². The molecule has 0 unspecified atom stereocenters. The number of nitrogens with one attached hydrogen (secondary N) is 1. The lowest BCUT2D eigenvalue weighted by Crippen LogP contribution is -2.40. The highest BCUT2D eigenvalue weighted by molar-refractivity contribution is 7.13. The fourth-order valence-electron chi connectivity index (χ4n) is 2.11. The van der Waals surface area contributed by atoms with E-state index in [1.54, 1.807) is 4.90 Å². The number of thiazole rings is 1. The number of hydrogen-bond acceptors (Lipinski definition) is 4. The highest BCUT2D eigenvalue weighted by Gasteiger charge is 2.26. The normalized spacial score (nSPS) is 16.2. The third kappa shape index (κ3) is 3.41. The third-order valence-corrected chi connectivity index (χ3v) is 4.08. The number of carbonyl (C=O) groups excluding carboxylic acids is 2. The van der Waals surface area contributed by atoms with Crippen LogP contribution in [0.3, 0.4) is 0 Å². The second-order valence-electron chi connectivity index (χ2n) is 4.59. The van der Waals surface area contributed by atoms with Crippen LogP contribution in [-0.4, -0.2) is 34.8 Å². The quantitative estimate of drug-likeness (QED) is 0.858. The zero-order valence-corrected chi connectivity index (χ0v) is 11.7. The summed E-state index contributed by atoms with van der Waals surface area (Å²) in [6.07, 6.45) is 2.70. The molecule has 0 aliphatic carbocycles. The summed E-state index contributed by atoms with van der Waals surface area (Å²) in [5, 5.41) is 5.38. The van der Waals surface area contributed by atoms with E-state index in [0.29, 0.717) is 31.1 Å². The summed E-state index contributed by atoms with van der Waals surface area (Å²) in [5.74, 6) is -0.104. The Morgan fingerprint density at radius 2 is 2.21 bits per heavy atom. The molecule has 1 fully saturated rings. The summed E-state index contributed by atoms with van der Waals surface area (Å²) in [4.78, 5) is 29.4. The van der Waals surface area contributed by atoms with Gasteiger partial charge in [-0.15, -0.1) is 11.3 Å². The second kappa shape index (κ2) is 5.97. The van der Waals surface area contributed by atoms with Crippen LogP contribution < -0.4 is 5.32 Å². The van der Waals surface area contributed by atoms with E-state index in [1.165, 1.54) is 17.4 Å². The highest BCUT2D eigenvalue weighted by Crippen LogP contribution is 2.21. The van der Waals surface area contributed by atoms with Crippen LogP contribution >= 0.6 is 11.3 Å². The van der Waals surface area contributed by atoms with E-state index in [-0.39, 0.29) is 17.7 Å². The molecule has 5 nitrogen and oxygen atoms in total. The van der Waals surface area contributed by atoms with Gasteiger partial charge in [0.05, 0.1) is 5.69 Å². The molecular formula is C13H17N3O2S. The molecule has 1 aromatic heterocycles. The highest BCUT2D eigenvalue weighted by atomic mass is 32.1. The van der Waals surface area contributed by atoms with Crippen LogP contribution in [0.2, 0.25) is 0 Å². The minimum atomic E-state index is -0.0607. The van der Waals surface area contributed by atoms with Crippen LogP contribution in [0.5, 0.6) is 0 Å². The largest absolute Gasteiger partial charge is 0.339 e. The first-order valence-electron chi connectivity index (χ1n) is 6.24. The summed E-state index contributed by atoms with van der Waals surface area (Å²) >= 11 is 1.43. The smallest absolute Gasteiger partial charge is 0.245 e. The fourth-order valence-corrected chi connectivity index (χ4v) is 2.80. The number of piperidine rings is 1. The molecule has 0 atom stereocenters. The van der Waals surface area contributed by atoms with Crippen LogP contribution in [-0.2, 0) is 9.59 Å². The summed E-state index contributed by atoms with van der Waals surface area (Å²) in [6, 6.07) is 0. The zero-order chi connectivity index (χ0) is 13.8. The average Bonchev–Trinajstić information content (AvgIpc) is 2.83. The Labute approximate surface area is 116 Å². The fraction of sp³-hybridized carbons (Fsp3) is 0.462. The molecular weight excluding hydrogens is 262 g/mol. The molecule has 1 saturated heterocycles. The van der Waals surface area contributed by atoms with Gasteiger partial charge in [-0.3, -0.25) is 9.59 Å². The van der Waals surface area contributed by atoms with Crippen molar-refractivity contribution in [1.29, 1.82) is 0 Å². The van der Waals surface area contributed by atoms with E-state index in [2.05, 4.69) is 16.9 Å².